The first kappa shape index (κ1) is 17.8. The van der Waals surface area contributed by atoms with Crippen LogP contribution in [0.25, 0.3) is 11.5 Å². The van der Waals surface area contributed by atoms with Gasteiger partial charge < -0.3 is 18.6 Å². The molecule has 3 rings (SSSR count). The molecule has 0 unspecified atom stereocenters. The van der Waals surface area contributed by atoms with Crippen molar-refractivity contribution < 1.29 is 18.6 Å². The number of aromatic nitrogens is 1. The van der Waals surface area contributed by atoms with Crippen LogP contribution < -0.4 is 9.47 Å². The number of hydrogen-bond acceptors (Lipinski definition) is 6. The third-order valence-corrected chi connectivity index (χ3v) is 4.41. The van der Waals surface area contributed by atoms with Gasteiger partial charge in [-0.05, 0) is 39.0 Å². The summed E-state index contributed by atoms with van der Waals surface area (Å²) >= 11 is 0. The molecule has 136 valence electrons. The van der Waals surface area contributed by atoms with Crippen molar-refractivity contribution in [1.29, 1.82) is 0 Å². The predicted molar refractivity (Wildman–Crippen MR) is 95.1 cm³/mol. The lowest BCUT2D eigenvalue weighted by atomic mass is 10.1. The Balaban J connectivity index is 1.85. The van der Waals surface area contributed by atoms with Gasteiger partial charge in [-0.3, -0.25) is 4.90 Å². The van der Waals surface area contributed by atoms with E-state index >= 15 is 0 Å². The van der Waals surface area contributed by atoms with Gasteiger partial charge in [0, 0.05) is 19.6 Å². The molecule has 2 heterocycles. The molecule has 1 saturated heterocycles. The second-order valence-electron chi connectivity index (χ2n) is 6.91. The minimum absolute atomic E-state index is 0.130. The van der Waals surface area contributed by atoms with E-state index in [2.05, 4.69) is 18.7 Å². The summed E-state index contributed by atoms with van der Waals surface area (Å²) in [5.41, 5.74) is 1.60. The van der Waals surface area contributed by atoms with Gasteiger partial charge in [-0.25, -0.2) is 4.98 Å². The highest BCUT2D eigenvalue weighted by Crippen LogP contribution is 2.34. The summed E-state index contributed by atoms with van der Waals surface area (Å²) in [4.78, 5) is 7.07. The van der Waals surface area contributed by atoms with Gasteiger partial charge in [-0.2, -0.15) is 0 Å². The van der Waals surface area contributed by atoms with E-state index in [9.17, 15) is 0 Å². The molecular weight excluding hydrogens is 320 g/mol. The number of oxazole rings is 1. The standard InChI is InChI=1S/C19H26N2O4/c1-13-16(11-21-8-9-24-19(2,3)12-21)20-18(25-13)15-10-14(22-4)6-7-17(15)23-5/h6-7,10H,8-9,11-12H2,1-5H3. The van der Waals surface area contributed by atoms with E-state index in [0.717, 1.165) is 49.0 Å². The summed E-state index contributed by atoms with van der Waals surface area (Å²) in [6.07, 6.45) is 0. The molecule has 1 aromatic heterocycles. The summed E-state index contributed by atoms with van der Waals surface area (Å²) in [6, 6.07) is 5.60. The van der Waals surface area contributed by atoms with Crippen LogP contribution in [0.5, 0.6) is 11.5 Å². The van der Waals surface area contributed by atoms with Crippen molar-refractivity contribution in [2.75, 3.05) is 33.9 Å². The highest BCUT2D eigenvalue weighted by atomic mass is 16.5. The first-order valence-corrected chi connectivity index (χ1v) is 8.47. The number of benzene rings is 1. The summed E-state index contributed by atoms with van der Waals surface area (Å²) < 4.78 is 22.5. The minimum atomic E-state index is -0.130. The van der Waals surface area contributed by atoms with Gasteiger partial charge in [-0.15, -0.1) is 0 Å². The van der Waals surface area contributed by atoms with Gasteiger partial charge in [-0.1, -0.05) is 0 Å². The molecule has 0 spiro atoms. The van der Waals surface area contributed by atoms with Crippen molar-refractivity contribution in [1.82, 2.24) is 9.88 Å². The summed E-state index contributed by atoms with van der Waals surface area (Å²) in [7, 11) is 3.27. The maximum atomic E-state index is 5.93. The van der Waals surface area contributed by atoms with Crippen molar-refractivity contribution in [3.05, 3.63) is 29.7 Å². The molecular formula is C19H26N2O4. The molecule has 1 fully saturated rings. The molecule has 0 N–H and O–H groups in total. The Morgan fingerprint density at radius 2 is 2.04 bits per heavy atom. The number of hydrogen-bond donors (Lipinski definition) is 0. The molecule has 6 nitrogen and oxygen atoms in total. The fourth-order valence-electron chi connectivity index (χ4n) is 3.13. The smallest absolute Gasteiger partial charge is 0.230 e. The monoisotopic (exact) mass is 346 g/mol. The Hall–Kier alpha value is -2.05. The summed E-state index contributed by atoms with van der Waals surface area (Å²) in [6.45, 7) is 9.42. The van der Waals surface area contributed by atoms with Gasteiger partial charge in [0.25, 0.3) is 0 Å². The van der Waals surface area contributed by atoms with Gasteiger partial charge in [0.15, 0.2) is 0 Å². The van der Waals surface area contributed by atoms with Gasteiger partial charge in [0.2, 0.25) is 5.89 Å². The molecule has 0 amide bonds. The lowest BCUT2D eigenvalue weighted by molar-refractivity contribution is -0.0885. The number of nitrogens with zero attached hydrogens (tertiary/aromatic N) is 2. The quantitative estimate of drug-likeness (QED) is 0.828. The third kappa shape index (κ3) is 3.96. The fraction of sp³-hybridized carbons (Fsp3) is 0.526. The van der Waals surface area contributed by atoms with Crippen molar-refractivity contribution in [3.63, 3.8) is 0 Å². The average Bonchev–Trinajstić information content (AvgIpc) is 2.94. The predicted octanol–water partition coefficient (Wildman–Crippen LogP) is 3.28. The van der Waals surface area contributed by atoms with Crippen molar-refractivity contribution in [2.24, 2.45) is 0 Å². The Bertz CT molecular complexity index is 739. The minimum Gasteiger partial charge on any atom is -0.497 e. The molecule has 0 aliphatic carbocycles. The van der Waals surface area contributed by atoms with E-state index in [1.54, 1.807) is 14.2 Å². The van der Waals surface area contributed by atoms with Crippen LogP contribution in [-0.2, 0) is 11.3 Å². The number of aryl methyl sites for hydroxylation is 1. The number of rotatable bonds is 5. The van der Waals surface area contributed by atoms with E-state index in [0.29, 0.717) is 11.6 Å². The van der Waals surface area contributed by atoms with E-state index in [-0.39, 0.29) is 5.60 Å². The largest absolute Gasteiger partial charge is 0.497 e. The Labute approximate surface area is 148 Å². The molecule has 0 bridgehead atoms. The Kier molecular flexibility index (Phi) is 5.01. The van der Waals surface area contributed by atoms with Crippen LogP contribution in [0.15, 0.2) is 22.6 Å². The van der Waals surface area contributed by atoms with Gasteiger partial charge >= 0.3 is 0 Å². The van der Waals surface area contributed by atoms with Crippen LogP contribution in [0, 0.1) is 6.92 Å². The molecule has 0 saturated carbocycles. The normalized spacial score (nSPS) is 17.5. The van der Waals surface area contributed by atoms with Gasteiger partial charge in [0.05, 0.1) is 37.7 Å². The van der Waals surface area contributed by atoms with Crippen LogP contribution in [0.4, 0.5) is 0 Å². The second-order valence-corrected chi connectivity index (χ2v) is 6.91. The van der Waals surface area contributed by atoms with E-state index < -0.39 is 0 Å². The zero-order chi connectivity index (χ0) is 18.0. The maximum Gasteiger partial charge on any atom is 0.230 e. The topological polar surface area (TPSA) is 57.0 Å². The molecule has 1 aromatic carbocycles. The fourth-order valence-corrected chi connectivity index (χ4v) is 3.13. The van der Waals surface area contributed by atoms with Crippen molar-refractivity contribution in [2.45, 2.75) is 32.9 Å². The first-order chi connectivity index (χ1) is 11.9. The van der Waals surface area contributed by atoms with Crippen LogP contribution in [0.3, 0.4) is 0 Å². The highest BCUT2D eigenvalue weighted by Gasteiger charge is 2.28. The van der Waals surface area contributed by atoms with Crippen LogP contribution in [-0.4, -0.2) is 49.4 Å². The molecule has 25 heavy (non-hydrogen) atoms. The first-order valence-electron chi connectivity index (χ1n) is 8.47. The third-order valence-electron chi connectivity index (χ3n) is 4.41. The zero-order valence-corrected chi connectivity index (χ0v) is 15.6. The summed E-state index contributed by atoms with van der Waals surface area (Å²) in [5, 5.41) is 0. The van der Waals surface area contributed by atoms with Crippen molar-refractivity contribution >= 4 is 0 Å². The van der Waals surface area contributed by atoms with E-state index in [1.165, 1.54) is 0 Å². The van der Waals surface area contributed by atoms with Crippen LogP contribution in [0.2, 0.25) is 0 Å². The maximum absolute atomic E-state index is 5.93. The van der Waals surface area contributed by atoms with Gasteiger partial charge in [0.1, 0.15) is 17.3 Å². The van der Waals surface area contributed by atoms with E-state index in [4.69, 9.17) is 23.6 Å². The zero-order valence-electron chi connectivity index (χ0n) is 15.6. The second kappa shape index (κ2) is 7.06. The average molecular weight is 346 g/mol. The lowest BCUT2D eigenvalue weighted by Crippen LogP contribution is -2.47. The molecule has 1 aliphatic heterocycles. The van der Waals surface area contributed by atoms with Crippen molar-refractivity contribution in [3.8, 4) is 23.0 Å². The molecule has 0 atom stereocenters. The number of ether oxygens (including phenoxy) is 3. The molecule has 6 heteroatoms. The van der Waals surface area contributed by atoms with E-state index in [1.807, 2.05) is 25.1 Å². The molecule has 0 radical (unpaired) electrons. The highest BCUT2D eigenvalue weighted by molar-refractivity contribution is 5.65. The Morgan fingerprint density at radius 1 is 1.24 bits per heavy atom. The Morgan fingerprint density at radius 3 is 2.72 bits per heavy atom. The SMILES string of the molecule is COc1ccc(OC)c(-c2nc(CN3CCOC(C)(C)C3)c(C)o2)c1. The molecule has 2 aromatic rings. The number of methoxy groups -OCH3 is 2. The number of morpholine rings is 1. The lowest BCUT2D eigenvalue weighted by Gasteiger charge is -2.37. The van der Waals surface area contributed by atoms with Crippen LogP contribution >= 0.6 is 0 Å². The summed E-state index contributed by atoms with van der Waals surface area (Å²) in [5.74, 6) is 2.82. The van der Waals surface area contributed by atoms with Crippen LogP contribution in [0.1, 0.15) is 25.3 Å². The molecule has 1 aliphatic rings.